The molecule has 0 heterocycles. The van der Waals surface area contributed by atoms with E-state index >= 15 is 0 Å². The van der Waals surface area contributed by atoms with Crippen molar-refractivity contribution in [2.24, 2.45) is 0 Å². The zero-order valence-electron chi connectivity index (χ0n) is 7.72. The molecule has 0 aliphatic rings. The fraction of sp³-hybridized carbons (Fsp3) is 0.333. The van der Waals surface area contributed by atoms with E-state index in [1.165, 1.54) is 12.1 Å². The molecule has 4 N–H and O–H groups in total. The Balaban J connectivity index is 2.82. The number of hydrogen-bond donors (Lipinski definition) is 3. The van der Waals surface area contributed by atoms with E-state index in [1.54, 1.807) is 6.92 Å². The highest BCUT2D eigenvalue weighted by Gasteiger charge is 2.06. The second kappa shape index (κ2) is 4.61. The van der Waals surface area contributed by atoms with Crippen LogP contribution in [0.5, 0.6) is 0 Å². The Hall–Kier alpha value is -0.810. The highest BCUT2D eigenvalue weighted by molar-refractivity contribution is 9.10. The van der Waals surface area contributed by atoms with Crippen molar-refractivity contribution in [3.63, 3.8) is 0 Å². The zero-order chi connectivity index (χ0) is 10.7. The predicted octanol–water partition coefficient (Wildman–Crippen LogP) is 1.96. The monoisotopic (exact) mass is 262 g/mol. The molecule has 0 bridgehead atoms. The highest BCUT2D eigenvalue weighted by Crippen LogP contribution is 2.26. The number of halogens is 2. The quantitative estimate of drug-likeness (QED) is 0.730. The van der Waals surface area contributed by atoms with Crippen molar-refractivity contribution in [3.8, 4) is 0 Å². The van der Waals surface area contributed by atoms with Gasteiger partial charge in [-0.25, -0.2) is 4.39 Å². The average molecular weight is 263 g/mol. The molecule has 1 rings (SSSR count). The molecule has 0 amide bonds. The summed E-state index contributed by atoms with van der Waals surface area (Å²) >= 11 is 3.03. The van der Waals surface area contributed by atoms with E-state index in [1.807, 2.05) is 0 Å². The molecule has 0 saturated carbocycles. The van der Waals surface area contributed by atoms with Crippen molar-refractivity contribution in [2.45, 2.75) is 13.0 Å². The van der Waals surface area contributed by atoms with Gasteiger partial charge < -0.3 is 16.2 Å². The van der Waals surface area contributed by atoms with Crippen LogP contribution in [0.15, 0.2) is 16.6 Å². The van der Waals surface area contributed by atoms with Crippen molar-refractivity contribution >= 4 is 27.3 Å². The molecule has 0 aromatic heterocycles. The molecule has 1 atom stereocenters. The van der Waals surface area contributed by atoms with Crippen molar-refractivity contribution in [1.82, 2.24) is 0 Å². The van der Waals surface area contributed by atoms with Gasteiger partial charge in [0.15, 0.2) is 0 Å². The number of nitrogens with two attached hydrogens (primary N) is 1. The van der Waals surface area contributed by atoms with E-state index < -0.39 is 6.10 Å². The first-order valence-electron chi connectivity index (χ1n) is 4.17. The fourth-order valence-corrected chi connectivity index (χ4v) is 1.33. The summed E-state index contributed by atoms with van der Waals surface area (Å²) in [5, 5.41) is 11.9. The summed E-state index contributed by atoms with van der Waals surface area (Å²) in [7, 11) is 0. The Morgan fingerprint density at radius 2 is 2.29 bits per heavy atom. The van der Waals surface area contributed by atoms with Crippen LogP contribution in [-0.2, 0) is 0 Å². The molecule has 3 nitrogen and oxygen atoms in total. The molecule has 0 fully saturated rings. The lowest BCUT2D eigenvalue weighted by Gasteiger charge is -2.11. The van der Waals surface area contributed by atoms with Gasteiger partial charge in [0.05, 0.1) is 22.0 Å². The largest absolute Gasteiger partial charge is 0.397 e. The molecule has 14 heavy (non-hydrogen) atoms. The molecule has 0 aliphatic carbocycles. The molecule has 1 unspecified atom stereocenters. The number of nitrogens with one attached hydrogen (secondary N) is 1. The van der Waals surface area contributed by atoms with Crippen molar-refractivity contribution < 1.29 is 9.50 Å². The molecule has 78 valence electrons. The standard InChI is InChI=1S/C9H12BrFN2O/c1-5(14)4-13-9-3-7(11)6(10)2-8(9)12/h2-3,5,13-14H,4,12H2,1H3. The minimum absolute atomic E-state index is 0.331. The fourth-order valence-electron chi connectivity index (χ4n) is 0.973. The molecule has 0 aliphatic heterocycles. The number of nitrogen functional groups attached to an aromatic ring is 1. The molecule has 0 spiro atoms. The molecule has 0 saturated heterocycles. The SMILES string of the molecule is CC(O)CNc1cc(F)c(Br)cc1N. The Bertz CT molecular complexity index is 331. The number of hydrogen-bond acceptors (Lipinski definition) is 3. The second-order valence-corrected chi connectivity index (χ2v) is 3.94. The minimum Gasteiger partial charge on any atom is -0.397 e. The average Bonchev–Trinajstić information content (AvgIpc) is 2.09. The molecular weight excluding hydrogens is 251 g/mol. The van der Waals surface area contributed by atoms with Crippen molar-refractivity contribution in [3.05, 3.63) is 22.4 Å². The van der Waals surface area contributed by atoms with Gasteiger partial charge in [-0.15, -0.1) is 0 Å². The summed E-state index contributed by atoms with van der Waals surface area (Å²) in [5.74, 6) is -0.382. The third-order valence-corrected chi connectivity index (χ3v) is 2.29. The Labute approximate surface area is 90.2 Å². The first-order chi connectivity index (χ1) is 6.50. The summed E-state index contributed by atoms with van der Waals surface area (Å²) < 4.78 is 13.4. The molecule has 5 heteroatoms. The first-order valence-corrected chi connectivity index (χ1v) is 4.96. The Kier molecular flexibility index (Phi) is 3.71. The van der Waals surface area contributed by atoms with Crippen LogP contribution in [0.1, 0.15) is 6.92 Å². The van der Waals surface area contributed by atoms with E-state index in [-0.39, 0.29) is 5.82 Å². The maximum Gasteiger partial charge on any atom is 0.139 e. The zero-order valence-corrected chi connectivity index (χ0v) is 9.31. The number of aliphatic hydroxyl groups excluding tert-OH is 1. The van der Waals surface area contributed by atoms with Crippen LogP contribution in [0, 0.1) is 5.82 Å². The van der Waals surface area contributed by atoms with Gasteiger partial charge in [0.2, 0.25) is 0 Å². The molecular formula is C9H12BrFN2O. The van der Waals surface area contributed by atoms with Crippen LogP contribution in [0.3, 0.4) is 0 Å². The van der Waals surface area contributed by atoms with Gasteiger partial charge in [-0.1, -0.05) is 0 Å². The topological polar surface area (TPSA) is 58.3 Å². The number of aliphatic hydroxyl groups is 1. The lowest BCUT2D eigenvalue weighted by atomic mass is 10.2. The number of anilines is 2. The summed E-state index contributed by atoms with van der Waals surface area (Å²) in [6.45, 7) is 1.98. The third kappa shape index (κ3) is 2.85. The van der Waals surface area contributed by atoms with Crippen molar-refractivity contribution in [1.29, 1.82) is 0 Å². The number of rotatable bonds is 3. The lowest BCUT2D eigenvalue weighted by Crippen LogP contribution is -2.16. The smallest absolute Gasteiger partial charge is 0.139 e. The van der Waals surface area contributed by atoms with Gasteiger partial charge >= 0.3 is 0 Å². The van der Waals surface area contributed by atoms with Gasteiger partial charge in [-0.2, -0.15) is 0 Å². The van der Waals surface area contributed by atoms with Crippen LogP contribution in [0.4, 0.5) is 15.8 Å². The highest BCUT2D eigenvalue weighted by atomic mass is 79.9. The van der Waals surface area contributed by atoms with Gasteiger partial charge in [0, 0.05) is 12.6 Å². The van der Waals surface area contributed by atoms with Crippen LogP contribution in [0.25, 0.3) is 0 Å². The lowest BCUT2D eigenvalue weighted by molar-refractivity contribution is 0.208. The second-order valence-electron chi connectivity index (χ2n) is 3.08. The van der Waals surface area contributed by atoms with E-state index in [0.717, 1.165) is 0 Å². The van der Waals surface area contributed by atoms with Crippen molar-refractivity contribution in [2.75, 3.05) is 17.6 Å². The van der Waals surface area contributed by atoms with Gasteiger partial charge in [0.1, 0.15) is 5.82 Å². The summed E-state index contributed by atoms with van der Waals surface area (Å²) in [6.07, 6.45) is -0.499. The van der Waals surface area contributed by atoms with Gasteiger partial charge in [-0.3, -0.25) is 0 Å². The van der Waals surface area contributed by atoms with Gasteiger partial charge in [0.25, 0.3) is 0 Å². The van der Waals surface area contributed by atoms with E-state index in [4.69, 9.17) is 10.8 Å². The summed E-state index contributed by atoms with van der Waals surface area (Å²) in [5.41, 5.74) is 6.57. The normalized spacial score (nSPS) is 12.6. The minimum atomic E-state index is -0.499. The Morgan fingerprint density at radius 3 is 2.86 bits per heavy atom. The predicted molar refractivity (Wildman–Crippen MR) is 58.7 cm³/mol. The third-order valence-electron chi connectivity index (χ3n) is 1.68. The maximum absolute atomic E-state index is 13.1. The molecule has 1 aromatic rings. The first kappa shape index (κ1) is 11.3. The molecule has 0 radical (unpaired) electrons. The number of benzene rings is 1. The van der Waals surface area contributed by atoms with E-state index in [9.17, 15) is 4.39 Å². The van der Waals surface area contributed by atoms with Crippen LogP contribution in [-0.4, -0.2) is 17.8 Å². The van der Waals surface area contributed by atoms with E-state index in [0.29, 0.717) is 22.4 Å². The summed E-state index contributed by atoms with van der Waals surface area (Å²) in [4.78, 5) is 0. The van der Waals surface area contributed by atoms with Gasteiger partial charge in [-0.05, 0) is 28.9 Å². The van der Waals surface area contributed by atoms with E-state index in [2.05, 4.69) is 21.2 Å². The Morgan fingerprint density at radius 1 is 1.64 bits per heavy atom. The molecule has 1 aromatic carbocycles. The van der Waals surface area contributed by atoms with Crippen LogP contribution < -0.4 is 11.1 Å². The summed E-state index contributed by atoms with van der Waals surface area (Å²) in [6, 6.07) is 2.78. The van der Waals surface area contributed by atoms with Crippen LogP contribution >= 0.6 is 15.9 Å². The maximum atomic E-state index is 13.1. The van der Waals surface area contributed by atoms with Crippen LogP contribution in [0.2, 0.25) is 0 Å².